The lowest BCUT2D eigenvalue weighted by Crippen LogP contribution is -2.26. The van der Waals surface area contributed by atoms with Crippen molar-refractivity contribution in [3.8, 4) is 17.4 Å². The Morgan fingerprint density at radius 1 is 1.19 bits per heavy atom. The molecule has 1 saturated carbocycles. The van der Waals surface area contributed by atoms with E-state index in [1.165, 1.54) is 22.0 Å². The molecule has 0 amide bonds. The predicted molar refractivity (Wildman–Crippen MR) is 136 cm³/mol. The number of aliphatic hydroxyl groups is 1. The predicted octanol–water partition coefficient (Wildman–Crippen LogP) is 3.09. The molecule has 2 N–H and O–H groups in total. The van der Waals surface area contributed by atoms with E-state index < -0.39 is 0 Å². The van der Waals surface area contributed by atoms with Gasteiger partial charge in [-0.25, -0.2) is 4.68 Å². The van der Waals surface area contributed by atoms with E-state index in [0.717, 1.165) is 11.1 Å². The summed E-state index contributed by atoms with van der Waals surface area (Å²) in [6.07, 6.45) is 2.35. The number of ether oxygens (including phenoxy) is 3. The Hall–Kier alpha value is -3.11. The fourth-order valence-corrected chi connectivity index (χ4v) is 3.82. The highest BCUT2D eigenvalue weighted by Gasteiger charge is 2.26. The summed E-state index contributed by atoms with van der Waals surface area (Å²) in [5.41, 5.74) is 2.18. The van der Waals surface area contributed by atoms with Gasteiger partial charge in [0.15, 0.2) is 22.9 Å². The molecule has 10 nitrogen and oxygen atoms in total. The molecule has 0 radical (unpaired) electrons. The molecule has 2 aromatic heterocycles. The molecule has 1 aliphatic rings. The average molecular weight is 520 g/mol. The molecule has 3 aromatic rings. The zero-order chi connectivity index (χ0) is 25.3. The van der Waals surface area contributed by atoms with Gasteiger partial charge in [0.2, 0.25) is 11.5 Å². The second kappa shape index (κ2) is 10.9. The van der Waals surface area contributed by atoms with E-state index in [1.54, 1.807) is 25.3 Å². The third-order valence-electron chi connectivity index (χ3n) is 5.95. The van der Waals surface area contributed by atoms with Gasteiger partial charge in [-0.15, -0.1) is 22.6 Å². The van der Waals surface area contributed by atoms with Crippen LogP contribution in [0.2, 0.25) is 0 Å². The van der Waals surface area contributed by atoms with Crippen LogP contribution in [-0.4, -0.2) is 57.2 Å². The maximum absolute atomic E-state index is 13.3. The van der Waals surface area contributed by atoms with Crippen LogP contribution in [0.25, 0.3) is 5.65 Å². The van der Waals surface area contributed by atoms with E-state index in [9.17, 15) is 9.90 Å². The van der Waals surface area contributed by atoms with Gasteiger partial charge in [-0.05, 0) is 43.2 Å². The number of carbonyl (C=O) groups excluding carboxylic acids is 1. The summed E-state index contributed by atoms with van der Waals surface area (Å²) in [5, 5.41) is 26.6. The number of halogens is 1. The summed E-state index contributed by atoms with van der Waals surface area (Å²) in [6, 6.07) is 5.21. The summed E-state index contributed by atoms with van der Waals surface area (Å²) in [7, 11) is 1.55. The number of carbonyl (C=O) groups is 1. The molecule has 0 atom stereocenters. The molecule has 11 heteroatoms. The SMILES string of the molecule is COc1c(OCCO)cc(C(=O)Cn2nc3c(C)cc(OCC4CC4)nn3c2=N)cc1C(C)(C)C.Cl. The van der Waals surface area contributed by atoms with Crippen LogP contribution in [0.3, 0.4) is 0 Å². The van der Waals surface area contributed by atoms with Gasteiger partial charge in [0.25, 0.3) is 0 Å². The molecule has 1 aromatic carbocycles. The van der Waals surface area contributed by atoms with E-state index >= 15 is 0 Å². The maximum Gasteiger partial charge on any atom is 0.242 e. The number of Topliss-reactive ketones (excluding diaryl/α,β-unsaturated/α-hetero) is 1. The van der Waals surface area contributed by atoms with Crippen LogP contribution in [0.15, 0.2) is 18.2 Å². The number of nitrogens with zero attached hydrogens (tertiary/aromatic N) is 4. The number of ketones is 1. The minimum absolute atomic E-state index is 0. The molecule has 2 heterocycles. The van der Waals surface area contributed by atoms with E-state index in [-0.39, 0.29) is 49.0 Å². The monoisotopic (exact) mass is 519 g/mol. The van der Waals surface area contributed by atoms with Crippen LogP contribution < -0.4 is 19.8 Å². The lowest BCUT2D eigenvalue weighted by atomic mass is 9.84. The van der Waals surface area contributed by atoms with E-state index in [2.05, 4.69) is 10.2 Å². The van der Waals surface area contributed by atoms with Crippen molar-refractivity contribution in [2.24, 2.45) is 5.92 Å². The number of aliphatic hydroxyl groups excluding tert-OH is 1. The molecule has 4 rings (SSSR count). The van der Waals surface area contributed by atoms with Crippen molar-refractivity contribution in [1.82, 2.24) is 19.4 Å². The zero-order valence-electron chi connectivity index (χ0n) is 21.3. The molecule has 0 aliphatic heterocycles. The first kappa shape index (κ1) is 27.5. The Labute approximate surface area is 216 Å². The van der Waals surface area contributed by atoms with Crippen LogP contribution in [0, 0.1) is 18.3 Å². The largest absolute Gasteiger partial charge is 0.493 e. The van der Waals surface area contributed by atoms with Crippen LogP contribution in [0.1, 0.15) is 55.1 Å². The van der Waals surface area contributed by atoms with E-state index in [1.807, 2.05) is 27.7 Å². The van der Waals surface area contributed by atoms with Gasteiger partial charge in [0.05, 0.1) is 20.3 Å². The van der Waals surface area contributed by atoms with Crippen molar-refractivity contribution in [2.45, 2.75) is 52.5 Å². The number of aromatic nitrogens is 4. The van der Waals surface area contributed by atoms with Crippen molar-refractivity contribution < 1.29 is 24.1 Å². The molecular formula is C25H34ClN5O5. The maximum atomic E-state index is 13.3. The summed E-state index contributed by atoms with van der Waals surface area (Å²) in [5.74, 6) is 1.71. The van der Waals surface area contributed by atoms with Crippen molar-refractivity contribution in [3.63, 3.8) is 0 Å². The Balaban J connectivity index is 0.00000361. The van der Waals surface area contributed by atoms with Gasteiger partial charge >= 0.3 is 0 Å². The van der Waals surface area contributed by atoms with Crippen molar-refractivity contribution in [2.75, 3.05) is 26.9 Å². The molecule has 196 valence electrons. The second-order valence-electron chi connectivity index (χ2n) is 9.94. The number of methoxy groups -OCH3 is 1. The van der Waals surface area contributed by atoms with Gasteiger partial charge in [-0.1, -0.05) is 20.8 Å². The first-order valence-electron chi connectivity index (χ1n) is 11.8. The Morgan fingerprint density at radius 2 is 1.92 bits per heavy atom. The quantitative estimate of drug-likeness (QED) is 0.394. The lowest BCUT2D eigenvalue weighted by molar-refractivity contribution is 0.0964. The van der Waals surface area contributed by atoms with Gasteiger partial charge in [-0.2, -0.15) is 4.52 Å². The molecule has 0 saturated heterocycles. The Kier molecular flexibility index (Phi) is 8.30. The fourth-order valence-electron chi connectivity index (χ4n) is 3.82. The highest BCUT2D eigenvalue weighted by Crippen LogP contribution is 2.40. The van der Waals surface area contributed by atoms with Crippen molar-refractivity contribution in [1.29, 1.82) is 5.41 Å². The minimum Gasteiger partial charge on any atom is -0.493 e. The van der Waals surface area contributed by atoms with E-state index in [4.69, 9.17) is 19.6 Å². The average Bonchev–Trinajstić information content (AvgIpc) is 3.59. The standard InChI is InChI=1S/C25H33N5O5.ClH/c1-15-10-21(35-14-16-6-7-16)27-30-23(15)28-29(24(30)26)13-19(32)17-11-18(25(2,3)4)22(33-5)20(12-17)34-9-8-31;/h10-12,16,26,31H,6-9,13-14H2,1-5H3;1H. The Morgan fingerprint density at radius 3 is 2.53 bits per heavy atom. The molecule has 0 spiro atoms. The van der Waals surface area contributed by atoms with Gasteiger partial charge in [0, 0.05) is 22.8 Å². The topological polar surface area (TPSA) is 124 Å². The highest BCUT2D eigenvalue weighted by molar-refractivity contribution is 5.97. The summed E-state index contributed by atoms with van der Waals surface area (Å²) < 4.78 is 19.8. The molecule has 1 fully saturated rings. The van der Waals surface area contributed by atoms with Crippen molar-refractivity contribution >= 4 is 23.8 Å². The van der Waals surface area contributed by atoms with Crippen molar-refractivity contribution in [3.05, 3.63) is 40.5 Å². The number of hydrogen-bond donors (Lipinski definition) is 2. The summed E-state index contributed by atoms with van der Waals surface area (Å²) in [6.45, 7) is 8.32. The zero-order valence-corrected chi connectivity index (χ0v) is 22.1. The number of nitrogens with one attached hydrogen (secondary N) is 1. The summed E-state index contributed by atoms with van der Waals surface area (Å²) >= 11 is 0. The number of aryl methyl sites for hydroxylation is 1. The van der Waals surface area contributed by atoms with Gasteiger partial charge < -0.3 is 19.3 Å². The molecular weight excluding hydrogens is 486 g/mol. The third-order valence-corrected chi connectivity index (χ3v) is 5.95. The van der Waals surface area contributed by atoms with Gasteiger partial charge in [-0.3, -0.25) is 10.2 Å². The number of benzene rings is 1. The first-order valence-corrected chi connectivity index (χ1v) is 11.8. The molecule has 0 unspecified atom stereocenters. The van der Waals surface area contributed by atoms with Crippen LogP contribution in [0.5, 0.6) is 17.4 Å². The normalized spacial score (nSPS) is 13.4. The number of fused-ring (bicyclic) bond motifs is 1. The molecule has 36 heavy (non-hydrogen) atoms. The van der Waals surface area contributed by atoms with Gasteiger partial charge in [0.1, 0.15) is 13.2 Å². The third kappa shape index (κ3) is 5.82. The summed E-state index contributed by atoms with van der Waals surface area (Å²) in [4.78, 5) is 13.3. The smallest absolute Gasteiger partial charge is 0.242 e. The fraction of sp³-hybridized carbons (Fsp3) is 0.520. The van der Waals surface area contributed by atoms with Crippen LogP contribution in [-0.2, 0) is 12.0 Å². The number of rotatable bonds is 10. The number of hydrogen-bond acceptors (Lipinski definition) is 8. The Bertz CT molecular complexity index is 1310. The highest BCUT2D eigenvalue weighted by atomic mass is 35.5. The molecule has 1 aliphatic carbocycles. The lowest BCUT2D eigenvalue weighted by Gasteiger charge is -2.25. The second-order valence-corrected chi connectivity index (χ2v) is 9.94. The van der Waals surface area contributed by atoms with Crippen LogP contribution >= 0.6 is 12.4 Å². The minimum atomic E-state index is -0.326. The van der Waals surface area contributed by atoms with E-state index in [0.29, 0.717) is 41.1 Å². The van der Waals surface area contributed by atoms with Crippen LogP contribution in [0.4, 0.5) is 0 Å². The first-order chi connectivity index (χ1) is 16.6. The molecule has 0 bridgehead atoms.